The van der Waals surface area contributed by atoms with Gasteiger partial charge in [0.25, 0.3) is 0 Å². The Balaban J connectivity index is 1.96. The second kappa shape index (κ2) is 8.94. The number of rotatable bonds is 8. The Morgan fingerprint density at radius 3 is 2.10 bits per heavy atom. The van der Waals surface area contributed by atoms with Gasteiger partial charge in [0, 0.05) is 24.4 Å². The molecule has 0 saturated carbocycles. The van der Waals surface area contributed by atoms with E-state index in [1.165, 1.54) is 39.5 Å². The minimum absolute atomic E-state index is 0.0733. The SMILES string of the molecule is COc1ccc(OC)c([C@H](C)NS(=O)(=O)c2ccc(OC)c(N3C(=O)CCC3=O)c2)c1. The number of nitrogens with one attached hydrogen (secondary N) is 1. The van der Waals surface area contributed by atoms with Gasteiger partial charge in [-0.05, 0) is 43.3 Å². The zero-order valence-electron chi connectivity index (χ0n) is 17.7. The van der Waals surface area contributed by atoms with Gasteiger partial charge in [0.2, 0.25) is 21.8 Å². The molecule has 0 bridgehead atoms. The van der Waals surface area contributed by atoms with E-state index in [2.05, 4.69) is 4.72 Å². The predicted molar refractivity (Wildman–Crippen MR) is 113 cm³/mol. The molecule has 1 atom stereocenters. The molecule has 10 heteroatoms. The van der Waals surface area contributed by atoms with Crippen LogP contribution in [0.2, 0.25) is 0 Å². The number of hydrogen-bond donors (Lipinski definition) is 1. The van der Waals surface area contributed by atoms with Crippen molar-refractivity contribution in [1.29, 1.82) is 0 Å². The standard InChI is InChI=1S/C21H24N2O7S/c1-13(16-11-14(28-2)5-7-18(16)29-3)22-31(26,27)15-6-8-19(30-4)17(12-15)23-20(24)9-10-21(23)25/h5-8,11-13,22H,9-10H2,1-4H3/t13-/m0/s1. The van der Waals surface area contributed by atoms with E-state index in [1.54, 1.807) is 25.1 Å². The second-order valence-electron chi connectivity index (χ2n) is 6.91. The fourth-order valence-electron chi connectivity index (χ4n) is 3.40. The summed E-state index contributed by atoms with van der Waals surface area (Å²) in [5, 5.41) is 0. The van der Waals surface area contributed by atoms with E-state index in [9.17, 15) is 18.0 Å². The molecule has 0 aromatic heterocycles. The van der Waals surface area contributed by atoms with E-state index >= 15 is 0 Å². The number of sulfonamides is 1. The number of imide groups is 1. The van der Waals surface area contributed by atoms with Gasteiger partial charge in [0.05, 0.1) is 31.9 Å². The molecule has 1 aliphatic heterocycles. The van der Waals surface area contributed by atoms with Gasteiger partial charge in [-0.2, -0.15) is 0 Å². The van der Waals surface area contributed by atoms with Gasteiger partial charge in [-0.1, -0.05) is 0 Å². The summed E-state index contributed by atoms with van der Waals surface area (Å²) < 4.78 is 44.6. The molecule has 0 spiro atoms. The number of carbonyl (C=O) groups excluding carboxylic acids is 2. The molecule has 2 aromatic carbocycles. The van der Waals surface area contributed by atoms with Gasteiger partial charge in [-0.25, -0.2) is 18.0 Å². The van der Waals surface area contributed by atoms with E-state index in [0.29, 0.717) is 17.1 Å². The highest BCUT2D eigenvalue weighted by atomic mass is 32.2. The lowest BCUT2D eigenvalue weighted by molar-refractivity contribution is -0.121. The molecule has 9 nitrogen and oxygen atoms in total. The summed E-state index contributed by atoms with van der Waals surface area (Å²) in [6.07, 6.45) is 0.147. The van der Waals surface area contributed by atoms with Crippen LogP contribution in [0.25, 0.3) is 0 Å². The lowest BCUT2D eigenvalue weighted by Gasteiger charge is -2.20. The minimum atomic E-state index is -4.02. The van der Waals surface area contributed by atoms with E-state index in [1.807, 2.05) is 0 Å². The van der Waals surface area contributed by atoms with Crippen molar-refractivity contribution in [2.45, 2.75) is 30.7 Å². The van der Waals surface area contributed by atoms with Gasteiger partial charge >= 0.3 is 0 Å². The Labute approximate surface area is 181 Å². The van der Waals surface area contributed by atoms with Gasteiger partial charge in [-0.15, -0.1) is 0 Å². The first-order valence-electron chi connectivity index (χ1n) is 9.50. The topological polar surface area (TPSA) is 111 Å². The van der Waals surface area contributed by atoms with Crippen LogP contribution in [-0.4, -0.2) is 41.6 Å². The fraction of sp³-hybridized carbons (Fsp3) is 0.333. The molecule has 0 radical (unpaired) electrons. The number of anilines is 1. The molecule has 3 rings (SSSR count). The molecule has 0 unspecified atom stereocenters. The summed E-state index contributed by atoms with van der Waals surface area (Å²) >= 11 is 0. The summed E-state index contributed by atoms with van der Waals surface area (Å²) in [6.45, 7) is 1.67. The highest BCUT2D eigenvalue weighted by Gasteiger charge is 2.33. The van der Waals surface area contributed by atoms with Gasteiger partial charge in [-0.3, -0.25) is 9.59 Å². The molecule has 1 N–H and O–H groups in total. The average Bonchev–Trinajstić information content (AvgIpc) is 3.10. The Kier molecular flexibility index (Phi) is 6.51. The van der Waals surface area contributed by atoms with Crippen LogP contribution in [0.15, 0.2) is 41.3 Å². The molecule has 2 aromatic rings. The molecule has 1 saturated heterocycles. The summed E-state index contributed by atoms with van der Waals surface area (Å²) in [7, 11) is 0.374. The highest BCUT2D eigenvalue weighted by molar-refractivity contribution is 7.89. The highest BCUT2D eigenvalue weighted by Crippen LogP contribution is 2.35. The van der Waals surface area contributed by atoms with Gasteiger partial charge in [0.1, 0.15) is 17.2 Å². The van der Waals surface area contributed by atoms with Crippen molar-refractivity contribution < 1.29 is 32.2 Å². The predicted octanol–water partition coefficient (Wildman–Crippen LogP) is 2.41. The van der Waals surface area contributed by atoms with E-state index < -0.39 is 27.9 Å². The van der Waals surface area contributed by atoms with Crippen molar-refractivity contribution in [3.63, 3.8) is 0 Å². The third-order valence-electron chi connectivity index (χ3n) is 4.99. The van der Waals surface area contributed by atoms with Crippen LogP contribution >= 0.6 is 0 Å². The fourth-order valence-corrected chi connectivity index (χ4v) is 4.64. The third kappa shape index (κ3) is 4.49. The van der Waals surface area contributed by atoms with E-state index in [4.69, 9.17) is 14.2 Å². The van der Waals surface area contributed by atoms with E-state index in [-0.39, 0.29) is 29.2 Å². The van der Waals surface area contributed by atoms with Crippen LogP contribution in [0.4, 0.5) is 5.69 Å². The molecule has 1 heterocycles. The maximum atomic E-state index is 13.1. The largest absolute Gasteiger partial charge is 0.497 e. The quantitative estimate of drug-likeness (QED) is 0.617. The van der Waals surface area contributed by atoms with Crippen LogP contribution in [-0.2, 0) is 19.6 Å². The average molecular weight is 448 g/mol. The normalized spacial score (nSPS) is 15.2. The zero-order valence-corrected chi connectivity index (χ0v) is 18.5. The zero-order chi connectivity index (χ0) is 22.8. The Morgan fingerprint density at radius 2 is 1.52 bits per heavy atom. The summed E-state index contributed by atoms with van der Waals surface area (Å²) in [5.74, 6) is 0.477. The van der Waals surface area contributed by atoms with Crippen LogP contribution in [0.1, 0.15) is 31.4 Å². The van der Waals surface area contributed by atoms with Gasteiger partial charge < -0.3 is 14.2 Å². The Hall–Kier alpha value is -3.11. The van der Waals surface area contributed by atoms with Crippen molar-refractivity contribution in [2.75, 3.05) is 26.2 Å². The molecule has 0 aliphatic carbocycles. The Bertz CT molecular complexity index is 1100. The first-order valence-corrected chi connectivity index (χ1v) is 11.0. The molecule has 31 heavy (non-hydrogen) atoms. The van der Waals surface area contributed by atoms with Gasteiger partial charge in [0.15, 0.2) is 0 Å². The number of ether oxygens (including phenoxy) is 3. The Morgan fingerprint density at radius 1 is 0.903 bits per heavy atom. The van der Waals surface area contributed by atoms with Crippen LogP contribution < -0.4 is 23.8 Å². The smallest absolute Gasteiger partial charge is 0.241 e. The van der Waals surface area contributed by atoms with E-state index in [0.717, 1.165) is 4.90 Å². The lowest BCUT2D eigenvalue weighted by Crippen LogP contribution is -2.30. The molecule has 166 valence electrons. The second-order valence-corrected chi connectivity index (χ2v) is 8.62. The van der Waals surface area contributed by atoms with Crippen molar-refractivity contribution in [3.05, 3.63) is 42.0 Å². The summed E-state index contributed by atoms with van der Waals surface area (Å²) in [4.78, 5) is 25.2. The number of carbonyl (C=O) groups is 2. The van der Waals surface area contributed by atoms with Crippen molar-refractivity contribution >= 4 is 27.5 Å². The third-order valence-corrected chi connectivity index (χ3v) is 6.53. The molecule has 1 fully saturated rings. The molecule has 2 amide bonds. The van der Waals surface area contributed by atoms with Crippen LogP contribution in [0.3, 0.4) is 0 Å². The number of hydrogen-bond acceptors (Lipinski definition) is 7. The minimum Gasteiger partial charge on any atom is -0.497 e. The lowest BCUT2D eigenvalue weighted by atomic mass is 10.1. The number of methoxy groups -OCH3 is 3. The van der Waals surface area contributed by atoms with Crippen LogP contribution in [0, 0.1) is 0 Å². The van der Waals surface area contributed by atoms with Crippen molar-refractivity contribution in [2.24, 2.45) is 0 Å². The number of nitrogens with zero attached hydrogens (tertiary/aromatic N) is 1. The molecular weight excluding hydrogens is 424 g/mol. The maximum Gasteiger partial charge on any atom is 0.241 e. The first kappa shape index (κ1) is 22.6. The summed E-state index contributed by atoms with van der Waals surface area (Å²) in [6, 6.07) is 8.46. The molecule has 1 aliphatic rings. The van der Waals surface area contributed by atoms with Crippen molar-refractivity contribution in [1.82, 2.24) is 4.72 Å². The van der Waals surface area contributed by atoms with Crippen molar-refractivity contribution in [3.8, 4) is 17.2 Å². The maximum absolute atomic E-state index is 13.1. The number of amides is 2. The monoisotopic (exact) mass is 448 g/mol. The summed E-state index contributed by atoms with van der Waals surface area (Å²) in [5.41, 5.74) is 0.688. The number of benzene rings is 2. The first-order chi connectivity index (χ1) is 14.7. The van der Waals surface area contributed by atoms with Crippen LogP contribution in [0.5, 0.6) is 17.2 Å². The molecular formula is C21H24N2O7S.